The molecule has 0 spiro atoms. The van der Waals surface area contributed by atoms with Crippen LogP contribution in [0.15, 0.2) is 29.1 Å². The maximum Gasteiger partial charge on any atom is 0.261 e. The molecule has 23 heavy (non-hydrogen) atoms. The highest BCUT2D eigenvalue weighted by Gasteiger charge is 2.18. The molecule has 0 saturated carbocycles. The maximum atomic E-state index is 12.4. The van der Waals surface area contributed by atoms with E-state index in [2.05, 4.69) is 15.0 Å². The summed E-state index contributed by atoms with van der Waals surface area (Å²) in [5.74, 6) is 0.615. The van der Waals surface area contributed by atoms with Gasteiger partial charge in [-0.25, -0.2) is 4.98 Å². The quantitative estimate of drug-likeness (QED) is 0.621. The summed E-state index contributed by atoms with van der Waals surface area (Å²) in [7, 11) is 1.54. The van der Waals surface area contributed by atoms with Crippen LogP contribution in [0.3, 0.4) is 0 Å². The lowest BCUT2D eigenvalue weighted by molar-refractivity contribution is 0.415. The highest BCUT2D eigenvalue weighted by atomic mass is 32.1. The van der Waals surface area contributed by atoms with E-state index in [0.29, 0.717) is 16.9 Å². The summed E-state index contributed by atoms with van der Waals surface area (Å²) in [6, 6.07) is 9.02. The van der Waals surface area contributed by atoms with E-state index in [0.717, 1.165) is 0 Å². The standard InChI is InChI=1S/C15H11N5O2S/c1-22-8-4-2-3-7(5-8)10-9(6-16)12(17)18-13-11(10)14(21)20-15(23)19-13/h2-5H,1H3,(H4,17,18,19,20,21,23). The molecular formula is C15H11N5O2S. The van der Waals surface area contributed by atoms with Crippen LogP contribution in [-0.4, -0.2) is 22.1 Å². The number of fused-ring (bicyclic) bond motifs is 1. The third-order valence-electron chi connectivity index (χ3n) is 3.38. The molecule has 0 aliphatic rings. The van der Waals surface area contributed by atoms with Crippen molar-refractivity contribution in [2.24, 2.45) is 0 Å². The van der Waals surface area contributed by atoms with Crippen molar-refractivity contribution in [2.45, 2.75) is 0 Å². The molecule has 0 radical (unpaired) electrons. The molecule has 8 heteroatoms. The van der Waals surface area contributed by atoms with E-state index in [9.17, 15) is 10.1 Å². The zero-order valence-corrected chi connectivity index (χ0v) is 12.8. The molecule has 0 bridgehead atoms. The Morgan fingerprint density at radius 1 is 1.39 bits per heavy atom. The Labute approximate surface area is 135 Å². The van der Waals surface area contributed by atoms with E-state index in [-0.39, 0.29) is 27.2 Å². The van der Waals surface area contributed by atoms with Crippen LogP contribution >= 0.6 is 12.2 Å². The first-order chi connectivity index (χ1) is 11.0. The fourth-order valence-electron chi connectivity index (χ4n) is 2.40. The van der Waals surface area contributed by atoms with Crippen LogP contribution in [0.2, 0.25) is 0 Å². The van der Waals surface area contributed by atoms with E-state index >= 15 is 0 Å². The number of hydrogen-bond donors (Lipinski definition) is 3. The number of nitrogen functional groups attached to an aromatic ring is 1. The summed E-state index contributed by atoms with van der Waals surface area (Å²) < 4.78 is 5.34. The van der Waals surface area contributed by atoms with Gasteiger partial charge in [-0.2, -0.15) is 5.26 Å². The minimum Gasteiger partial charge on any atom is -0.497 e. The molecule has 0 aliphatic carbocycles. The molecule has 0 atom stereocenters. The molecule has 3 rings (SSSR count). The third kappa shape index (κ3) is 2.43. The molecule has 114 valence electrons. The number of aromatic nitrogens is 3. The lowest BCUT2D eigenvalue weighted by Crippen LogP contribution is -2.12. The Kier molecular flexibility index (Phi) is 3.56. The van der Waals surface area contributed by atoms with Gasteiger partial charge in [0.15, 0.2) is 4.77 Å². The van der Waals surface area contributed by atoms with Crippen molar-refractivity contribution in [1.82, 2.24) is 15.0 Å². The SMILES string of the molecule is COc1cccc(-c2c(C#N)c(N)nc3[nH]c(=S)[nH]c(=O)c23)c1. The van der Waals surface area contributed by atoms with Crippen LogP contribution in [0.4, 0.5) is 5.82 Å². The first-order valence-electron chi connectivity index (χ1n) is 6.55. The Balaban J connectivity index is 2.54. The summed E-state index contributed by atoms with van der Waals surface area (Å²) in [4.78, 5) is 21.7. The van der Waals surface area contributed by atoms with Crippen LogP contribution in [0.25, 0.3) is 22.2 Å². The predicted octanol–water partition coefficient (Wildman–Crippen LogP) is 2.11. The smallest absolute Gasteiger partial charge is 0.261 e. The van der Waals surface area contributed by atoms with Gasteiger partial charge < -0.3 is 15.5 Å². The molecule has 0 aliphatic heterocycles. The first kappa shape index (κ1) is 14.7. The van der Waals surface area contributed by atoms with Crippen LogP contribution in [0.1, 0.15) is 5.56 Å². The lowest BCUT2D eigenvalue weighted by Gasteiger charge is -2.11. The number of nitriles is 1. The largest absolute Gasteiger partial charge is 0.497 e. The number of nitrogens with two attached hydrogens (primary N) is 1. The second-order valence-electron chi connectivity index (χ2n) is 4.72. The van der Waals surface area contributed by atoms with Crippen LogP contribution in [0.5, 0.6) is 5.75 Å². The average Bonchev–Trinajstić information content (AvgIpc) is 2.53. The van der Waals surface area contributed by atoms with Gasteiger partial charge in [0.2, 0.25) is 0 Å². The molecule has 0 saturated heterocycles. The van der Waals surface area contributed by atoms with Gasteiger partial charge >= 0.3 is 0 Å². The number of benzene rings is 1. The summed E-state index contributed by atoms with van der Waals surface area (Å²) >= 11 is 4.95. The molecule has 3 aromatic rings. The number of pyridine rings is 1. The first-order valence-corrected chi connectivity index (χ1v) is 6.96. The minimum absolute atomic E-state index is 0.0223. The summed E-state index contributed by atoms with van der Waals surface area (Å²) in [6.45, 7) is 0. The van der Waals surface area contributed by atoms with Crippen molar-refractivity contribution in [3.8, 4) is 22.9 Å². The second-order valence-corrected chi connectivity index (χ2v) is 5.13. The van der Waals surface area contributed by atoms with Crippen molar-refractivity contribution in [2.75, 3.05) is 12.8 Å². The fourth-order valence-corrected chi connectivity index (χ4v) is 2.59. The summed E-state index contributed by atoms with van der Waals surface area (Å²) in [5.41, 5.74) is 6.80. The van der Waals surface area contributed by atoms with E-state index in [1.165, 1.54) is 7.11 Å². The van der Waals surface area contributed by atoms with Crippen molar-refractivity contribution in [1.29, 1.82) is 5.26 Å². The molecule has 7 nitrogen and oxygen atoms in total. The lowest BCUT2D eigenvalue weighted by atomic mass is 9.98. The zero-order valence-electron chi connectivity index (χ0n) is 12.0. The number of H-pyrrole nitrogens is 2. The maximum absolute atomic E-state index is 12.4. The summed E-state index contributed by atoms with van der Waals surface area (Å²) in [6.07, 6.45) is 0. The molecule has 0 unspecified atom stereocenters. The van der Waals surface area contributed by atoms with Gasteiger partial charge in [0.05, 0.1) is 12.5 Å². The van der Waals surface area contributed by atoms with Gasteiger partial charge in [0, 0.05) is 5.56 Å². The molecule has 4 N–H and O–H groups in total. The minimum atomic E-state index is -0.439. The van der Waals surface area contributed by atoms with E-state index in [1.807, 2.05) is 6.07 Å². The Morgan fingerprint density at radius 3 is 2.87 bits per heavy atom. The van der Waals surface area contributed by atoms with E-state index < -0.39 is 5.56 Å². The highest BCUT2D eigenvalue weighted by molar-refractivity contribution is 7.71. The van der Waals surface area contributed by atoms with Crippen molar-refractivity contribution < 1.29 is 4.74 Å². The third-order valence-corrected chi connectivity index (χ3v) is 3.59. The van der Waals surface area contributed by atoms with Gasteiger partial charge in [-0.15, -0.1) is 0 Å². The van der Waals surface area contributed by atoms with E-state index in [1.54, 1.807) is 24.3 Å². The van der Waals surface area contributed by atoms with Gasteiger partial charge in [-0.3, -0.25) is 9.78 Å². The topological polar surface area (TPSA) is 121 Å². The molecule has 1 aromatic carbocycles. The van der Waals surface area contributed by atoms with Gasteiger partial charge in [0.25, 0.3) is 5.56 Å². The monoisotopic (exact) mass is 325 g/mol. The fraction of sp³-hybridized carbons (Fsp3) is 0.0667. The number of ether oxygens (including phenoxy) is 1. The van der Waals surface area contributed by atoms with Crippen LogP contribution in [0, 0.1) is 16.1 Å². The van der Waals surface area contributed by atoms with Gasteiger partial charge in [0.1, 0.15) is 28.8 Å². The molecule has 2 heterocycles. The molecule has 0 amide bonds. The number of methoxy groups -OCH3 is 1. The number of aromatic amines is 2. The normalized spacial score (nSPS) is 10.4. The van der Waals surface area contributed by atoms with E-state index in [4.69, 9.17) is 22.7 Å². The Hall–Kier alpha value is -3.18. The average molecular weight is 325 g/mol. The number of nitrogens with one attached hydrogen (secondary N) is 2. The zero-order chi connectivity index (χ0) is 16.6. The Morgan fingerprint density at radius 2 is 2.17 bits per heavy atom. The second kappa shape index (κ2) is 5.55. The van der Waals surface area contributed by atoms with Crippen LogP contribution in [-0.2, 0) is 0 Å². The van der Waals surface area contributed by atoms with Crippen molar-refractivity contribution in [3.63, 3.8) is 0 Å². The number of nitrogens with zero attached hydrogens (tertiary/aromatic N) is 2. The number of anilines is 1. The Bertz CT molecular complexity index is 1080. The predicted molar refractivity (Wildman–Crippen MR) is 88.7 cm³/mol. The van der Waals surface area contributed by atoms with Gasteiger partial charge in [-0.05, 0) is 29.9 Å². The van der Waals surface area contributed by atoms with Crippen LogP contribution < -0.4 is 16.0 Å². The van der Waals surface area contributed by atoms with Crippen molar-refractivity contribution >= 4 is 29.1 Å². The summed E-state index contributed by atoms with van der Waals surface area (Å²) in [5, 5.41) is 9.67. The van der Waals surface area contributed by atoms with Crippen molar-refractivity contribution in [3.05, 3.63) is 45.0 Å². The highest BCUT2D eigenvalue weighted by Crippen LogP contribution is 2.33. The van der Waals surface area contributed by atoms with Gasteiger partial charge in [-0.1, -0.05) is 12.1 Å². The number of rotatable bonds is 2. The molecule has 0 fully saturated rings. The molecule has 2 aromatic heterocycles. The number of hydrogen-bond acceptors (Lipinski definition) is 6. The molecular weight excluding hydrogens is 314 g/mol.